The van der Waals surface area contributed by atoms with Gasteiger partial charge in [-0.15, -0.1) is 0 Å². The largest absolute Gasteiger partial charge is 0.396 e. The van der Waals surface area contributed by atoms with E-state index in [1.165, 1.54) is 19.3 Å². The zero-order valence-electron chi connectivity index (χ0n) is 14.1. The fraction of sp³-hybridized carbons (Fsp3) is 1.00. The van der Waals surface area contributed by atoms with E-state index in [1.807, 2.05) is 0 Å². The Morgan fingerprint density at radius 2 is 1.35 bits per heavy atom. The van der Waals surface area contributed by atoms with E-state index >= 15 is 0 Å². The number of hydrogen-bond donors (Lipinski definition) is 1. The van der Waals surface area contributed by atoms with Gasteiger partial charge in [0, 0.05) is 45.2 Å². The number of aliphatic hydroxyl groups excluding tert-OH is 1. The van der Waals surface area contributed by atoms with Gasteiger partial charge >= 0.3 is 0 Å². The molecule has 0 aromatic heterocycles. The Hall–Kier alpha value is -0.210. The second-order valence-electron chi connectivity index (χ2n) is 7.35. The van der Waals surface area contributed by atoms with Crippen molar-refractivity contribution in [3.63, 3.8) is 0 Å². The van der Waals surface area contributed by atoms with Gasteiger partial charge in [-0.1, -0.05) is 12.8 Å². The predicted octanol–water partition coefficient (Wildman–Crippen LogP) is 0.743. The van der Waals surface area contributed by atoms with Gasteiger partial charge in [0.1, 0.15) is 0 Å². The maximum atomic E-state index is 12.8. The summed E-state index contributed by atoms with van der Waals surface area (Å²) in [5, 5.41) is 9.71. The van der Waals surface area contributed by atoms with E-state index in [1.54, 1.807) is 8.61 Å². The van der Waals surface area contributed by atoms with Crippen LogP contribution in [0.3, 0.4) is 0 Å². The number of nitrogens with zero attached hydrogens (tertiary/aromatic N) is 3. The molecular weight excluding hydrogens is 314 g/mol. The van der Waals surface area contributed by atoms with Gasteiger partial charge in [0.05, 0.1) is 0 Å². The van der Waals surface area contributed by atoms with E-state index in [-0.39, 0.29) is 18.4 Å². The summed E-state index contributed by atoms with van der Waals surface area (Å²) in [6, 6.07) is 0. The van der Waals surface area contributed by atoms with E-state index in [4.69, 9.17) is 0 Å². The number of piperidine rings is 2. The first kappa shape index (κ1) is 17.6. The highest BCUT2D eigenvalue weighted by Gasteiger charge is 2.41. The molecule has 3 aliphatic heterocycles. The van der Waals surface area contributed by atoms with Crippen molar-refractivity contribution in [2.45, 2.75) is 38.5 Å². The lowest BCUT2D eigenvalue weighted by Gasteiger charge is -2.31. The standard InChI is InChI=1S/C16H31N3O3S/c20-14-16-13-19(23(21,22)18-9-5-2-6-10-18)12-15(16)11-17-7-3-1-4-8-17/h15-16,20H,1-14H2/t15-,16-/m0/s1. The van der Waals surface area contributed by atoms with E-state index in [0.29, 0.717) is 26.2 Å². The summed E-state index contributed by atoms with van der Waals surface area (Å²) in [5.41, 5.74) is 0. The summed E-state index contributed by atoms with van der Waals surface area (Å²) < 4.78 is 29.0. The summed E-state index contributed by atoms with van der Waals surface area (Å²) in [5.74, 6) is 0.342. The molecule has 0 aliphatic carbocycles. The van der Waals surface area contributed by atoms with Crippen LogP contribution in [0.2, 0.25) is 0 Å². The average Bonchev–Trinajstić information content (AvgIpc) is 3.00. The highest BCUT2D eigenvalue weighted by Crippen LogP contribution is 2.29. The maximum Gasteiger partial charge on any atom is 0.281 e. The van der Waals surface area contributed by atoms with Crippen LogP contribution in [0.1, 0.15) is 38.5 Å². The number of aliphatic hydroxyl groups is 1. The van der Waals surface area contributed by atoms with Crippen LogP contribution in [0.4, 0.5) is 0 Å². The van der Waals surface area contributed by atoms with Gasteiger partial charge in [-0.3, -0.25) is 0 Å². The van der Waals surface area contributed by atoms with Gasteiger partial charge in [-0.05, 0) is 44.7 Å². The molecule has 3 rings (SSSR count). The third-order valence-electron chi connectivity index (χ3n) is 5.69. The molecule has 7 heteroatoms. The molecule has 0 aromatic carbocycles. The molecule has 1 N–H and O–H groups in total. The van der Waals surface area contributed by atoms with Crippen LogP contribution >= 0.6 is 0 Å². The average molecular weight is 346 g/mol. The Labute approximate surface area is 140 Å². The number of rotatable bonds is 5. The quantitative estimate of drug-likeness (QED) is 0.798. The van der Waals surface area contributed by atoms with E-state index in [0.717, 1.165) is 38.9 Å². The Morgan fingerprint density at radius 3 is 1.96 bits per heavy atom. The molecule has 0 aromatic rings. The molecule has 134 valence electrons. The summed E-state index contributed by atoms with van der Waals surface area (Å²) in [4.78, 5) is 2.45. The molecule has 3 fully saturated rings. The molecule has 0 saturated carbocycles. The van der Waals surface area contributed by atoms with Crippen molar-refractivity contribution in [3.8, 4) is 0 Å². The Balaban J connectivity index is 1.62. The molecule has 0 unspecified atom stereocenters. The van der Waals surface area contributed by atoms with Crippen molar-refractivity contribution in [2.24, 2.45) is 11.8 Å². The summed E-state index contributed by atoms with van der Waals surface area (Å²) in [6.07, 6.45) is 6.85. The van der Waals surface area contributed by atoms with Crippen LogP contribution in [0.25, 0.3) is 0 Å². The Bertz CT molecular complexity index is 473. The molecule has 3 saturated heterocycles. The monoisotopic (exact) mass is 345 g/mol. The van der Waals surface area contributed by atoms with E-state index < -0.39 is 10.2 Å². The minimum atomic E-state index is -3.34. The zero-order chi connectivity index (χ0) is 16.3. The van der Waals surface area contributed by atoms with Crippen LogP contribution in [-0.2, 0) is 10.2 Å². The molecule has 6 nitrogen and oxygen atoms in total. The Kier molecular flexibility index (Phi) is 5.96. The van der Waals surface area contributed by atoms with Crippen molar-refractivity contribution in [3.05, 3.63) is 0 Å². The normalized spacial score (nSPS) is 32.4. The zero-order valence-corrected chi connectivity index (χ0v) is 14.9. The molecule has 0 amide bonds. The second-order valence-corrected chi connectivity index (χ2v) is 9.28. The molecule has 23 heavy (non-hydrogen) atoms. The lowest BCUT2D eigenvalue weighted by molar-refractivity contribution is 0.149. The molecular formula is C16H31N3O3S. The minimum Gasteiger partial charge on any atom is -0.396 e. The molecule has 2 atom stereocenters. The molecule has 0 spiro atoms. The molecule has 3 heterocycles. The fourth-order valence-electron chi connectivity index (χ4n) is 4.23. The van der Waals surface area contributed by atoms with Crippen molar-refractivity contribution in [1.29, 1.82) is 0 Å². The van der Waals surface area contributed by atoms with Gasteiger partial charge in [0.2, 0.25) is 0 Å². The molecule has 0 radical (unpaired) electrons. The van der Waals surface area contributed by atoms with Gasteiger partial charge in [-0.2, -0.15) is 17.0 Å². The van der Waals surface area contributed by atoms with Gasteiger partial charge < -0.3 is 10.0 Å². The first-order chi connectivity index (χ1) is 11.1. The smallest absolute Gasteiger partial charge is 0.281 e. The minimum absolute atomic E-state index is 0.0801. The highest BCUT2D eigenvalue weighted by molar-refractivity contribution is 7.86. The second kappa shape index (κ2) is 7.78. The topological polar surface area (TPSA) is 64.1 Å². The van der Waals surface area contributed by atoms with Crippen molar-refractivity contribution >= 4 is 10.2 Å². The third kappa shape index (κ3) is 4.07. The summed E-state index contributed by atoms with van der Waals surface area (Å²) >= 11 is 0. The highest BCUT2D eigenvalue weighted by atomic mass is 32.2. The number of hydrogen-bond acceptors (Lipinski definition) is 4. The van der Waals surface area contributed by atoms with Gasteiger partial charge in [0.15, 0.2) is 0 Å². The predicted molar refractivity (Wildman–Crippen MR) is 90.3 cm³/mol. The maximum absolute atomic E-state index is 12.8. The van der Waals surface area contributed by atoms with Gasteiger partial charge in [-0.25, -0.2) is 0 Å². The van der Waals surface area contributed by atoms with E-state index in [9.17, 15) is 13.5 Å². The molecule has 0 bridgehead atoms. The SMILES string of the molecule is O=S(=O)(N1CCCCC1)N1C[C@@H](CO)[C@@H](CN2CCCCC2)C1. The Morgan fingerprint density at radius 1 is 0.783 bits per heavy atom. The van der Waals surface area contributed by atoms with Crippen LogP contribution in [0.15, 0.2) is 0 Å². The summed E-state index contributed by atoms with van der Waals surface area (Å²) in [6.45, 7) is 5.61. The first-order valence-electron chi connectivity index (χ1n) is 9.19. The van der Waals surface area contributed by atoms with Crippen molar-refractivity contribution in [2.75, 3.05) is 52.4 Å². The lowest BCUT2D eigenvalue weighted by atomic mass is 9.95. The number of likely N-dealkylation sites (tertiary alicyclic amines) is 1. The van der Waals surface area contributed by atoms with E-state index in [2.05, 4.69) is 4.90 Å². The van der Waals surface area contributed by atoms with Crippen LogP contribution < -0.4 is 0 Å². The lowest BCUT2D eigenvalue weighted by Crippen LogP contribution is -2.45. The van der Waals surface area contributed by atoms with Crippen LogP contribution in [0, 0.1) is 11.8 Å². The van der Waals surface area contributed by atoms with Crippen LogP contribution in [0.5, 0.6) is 0 Å². The molecule has 3 aliphatic rings. The first-order valence-corrected chi connectivity index (χ1v) is 10.6. The van der Waals surface area contributed by atoms with Crippen molar-refractivity contribution in [1.82, 2.24) is 13.5 Å². The fourth-order valence-corrected chi connectivity index (χ4v) is 6.04. The summed E-state index contributed by atoms with van der Waals surface area (Å²) in [7, 11) is -3.34. The van der Waals surface area contributed by atoms with Crippen molar-refractivity contribution < 1.29 is 13.5 Å². The van der Waals surface area contributed by atoms with Gasteiger partial charge in [0.25, 0.3) is 10.2 Å². The van der Waals surface area contributed by atoms with Crippen LogP contribution in [-0.4, -0.2) is 79.5 Å². The third-order valence-corrected chi connectivity index (χ3v) is 7.65.